The van der Waals surface area contributed by atoms with Gasteiger partial charge in [0, 0.05) is 0 Å². The molecule has 0 fully saturated rings. The first-order valence-electron chi connectivity index (χ1n) is 1.83. The van der Waals surface area contributed by atoms with Crippen LogP contribution in [0.5, 0.6) is 0 Å². The Labute approximate surface area is 41.1 Å². The van der Waals surface area contributed by atoms with Crippen molar-refractivity contribution in [1.29, 1.82) is 0 Å². The Morgan fingerprint density at radius 1 is 2.00 bits per heavy atom. The fraction of sp³-hybridized carbons (Fsp3) is 0.500. The second-order valence-corrected chi connectivity index (χ2v) is 3.03. The lowest BCUT2D eigenvalue weighted by Crippen LogP contribution is -1.75. The molecule has 2 heteroatoms. The van der Waals surface area contributed by atoms with E-state index in [2.05, 4.69) is 6.26 Å². The van der Waals surface area contributed by atoms with Crippen molar-refractivity contribution in [1.82, 2.24) is 0 Å². The lowest BCUT2D eigenvalue weighted by atomic mass is 11.0. The highest BCUT2D eigenvalue weighted by Gasteiger charge is 1.82. The zero-order chi connectivity index (χ0) is 4.99. The highest BCUT2D eigenvalue weighted by molar-refractivity contribution is 8.29. The summed E-state index contributed by atoms with van der Waals surface area (Å²) >= 11 is 0. The second-order valence-electron chi connectivity index (χ2n) is 1.01. The molecule has 0 aliphatic rings. The lowest BCUT2D eigenvalue weighted by Gasteiger charge is -1.96. The molecule has 6 heavy (non-hydrogen) atoms. The molecule has 0 spiro atoms. The molecule has 0 aliphatic carbocycles. The average Bonchev–Trinajstić information content (AvgIpc) is 1.65. The normalized spacial score (nSPS) is 16.7. The van der Waals surface area contributed by atoms with Crippen LogP contribution in [0.1, 0.15) is 6.92 Å². The van der Waals surface area contributed by atoms with Gasteiger partial charge >= 0.3 is 0 Å². The first-order chi connectivity index (χ1) is 2.81. The molecule has 1 nitrogen and oxygen atoms in total. The van der Waals surface area contributed by atoms with E-state index in [0.717, 1.165) is 11.4 Å². The summed E-state index contributed by atoms with van der Waals surface area (Å²) < 4.78 is 0. The topological polar surface area (TPSA) is 17.1 Å². The highest BCUT2D eigenvalue weighted by atomic mass is 32.2. The Morgan fingerprint density at radius 2 is 2.50 bits per heavy atom. The Balaban J connectivity index is 2.96. The van der Waals surface area contributed by atoms with Gasteiger partial charge in [-0.3, -0.25) is 4.79 Å². The number of rotatable bonds is 2. The minimum absolute atomic E-state index is 0.507. The third-order valence-corrected chi connectivity index (χ3v) is 1.67. The van der Waals surface area contributed by atoms with Crippen LogP contribution in [0.3, 0.4) is 0 Å². The zero-order valence-electron chi connectivity index (χ0n) is 3.85. The van der Waals surface area contributed by atoms with E-state index >= 15 is 0 Å². The smallest absolute Gasteiger partial charge is 0.156 e. The molecular weight excluding hydrogens is 96.1 g/mol. The Morgan fingerprint density at radius 3 is 2.50 bits per heavy atom. The van der Waals surface area contributed by atoms with E-state index < -0.39 is 10.9 Å². The van der Waals surface area contributed by atoms with E-state index in [1.165, 1.54) is 0 Å². The van der Waals surface area contributed by atoms with Crippen LogP contribution < -0.4 is 0 Å². The summed E-state index contributed by atoms with van der Waals surface area (Å²) in [4.78, 5) is 9.70. The van der Waals surface area contributed by atoms with Gasteiger partial charge in [-0.25, -0.2) is 0 Å². The van der Waals surface area contributed by atoms with Gasteiger partial charge in [-0.2, -0.15) is 10.9 Å². The molecule has 0 aromatic rings. The number of thiol groups is 1. The first-order valence-corrected chi connectivity index (χ1v) is 3.61. The van der Waals surface area contributed by atoms with Crippen LogP contribution in [0.4, 0.5) is 0 Å². The van der Waals surface area contributed by atoms with Crippen molar-refractivity contribution in [3.05, 3.63) is 6.26 Å². The molecule has 0 aromatic carbocycles. The fourth-order valence-electron chi connectivity index (χ4n) is 0.0745. The summed E-state index contributed by atoms with van der Waals surface area (Å²) in [7, 11) is -0.507. The van der Waals surface area contributed by atoms with Gasteiger partial charge in [-0.05, 0) is 12.0 Å². The van der Waals surface area contributed by atoms with Crippen molar-refractivity contribution >= 4 is 16.5 Å². The molecule has 1 radical (unpaired) electrons. The molecule has 0 amide bonds. The maximum absolute atomic E-state index is 9.70. The van der Waals surface area contributed by atoms with Gasteiger partial charge in [0.05, 0.1) is 0 Å². The van der Waals surface area contributed by atoms with E-state index in [-0.39, 0.29) is 0 Å². The lowest BCUT2D eigenvalue weighted by molar-refractivity contribution is 0.569. The van der Waals surface area contributed by atoms with Crippen LogP contribution in [0.2, 0.25) is 0 Å². The monoisotopic (exact) mass is 105 g/mol. The van der Waals surface area contributed by atoms with Gasteiger partial charge in [-0.15, -0.1) is 0 Å². The number of hydrogen-bond acceptors (Lipinski definition) is 1. The molecule has 1 unspecified atom stereocenters. The molecule has 0 rings (SSSR count). The molecule has 0 saturated carbocycles. The maximum Gasteiger partial charge on any atom is 0.156 e. The highest BCUT2D eigenvalue weighted by Crippen LogP contribution is 2.14. The predicted molar refractivity (Wildman–Crippen MR) is 31.6 cm³/mol. The Kier molecular flexibility index (Phi) is 3.23. The molecule has 0 aliphatic heterocycles. The molecule has 0 bridgehead atoms. The number of carbonyl (C=O) groups excluding carboxylic acids is 1. The van der Waals surface area contributed by atoms with Crippen molar-refractivity contribution in [3.8, 4) is 0 Å². The summed E-state index contributed by atoms with van der Waals surface area (Å²) in [5.41, 5.74) is 0.926. The molecule has 0 saturated heterocycles. The Bertz CT molecular complexity index is 44.8. The van der Waals surface area contributed by atoms with Crippen LogP contribution in [0.25, 0.3) is 0 Å². The van der Waals surface area contributed by atoms with Crippen LogP contribution >= 0.6 is 10.9 Å². The van der Waals surface area contributed by atoms with Crippen LogP contribution in [-0.4, -0.2) is 11.4 Å². The first kappa shape index (κ1) is 6.02. The van der Waals surface area contributed by atoms with Crippen molar-refractivity contribution in [2.45, 2.75) is 6.92 Å². The summed E-state index contributed by atoms with van der Waals surface area (Å²) in [6.45, 7) is 1.97. The van der Waals surface area contributed by atoms with E-state index in [4.69, 9.17) is 0 Å². The quantitative estimate of drug-likeness (QED) is 0.409. The van der Waals surface area contributed by atoms with Crippen molar-refractivity contribution in [3.63, 3.8) is 0 Å². The van der Waals surface area contributed by atoms with Crippen molar-refractivity contribution < 1.29 is 4.79 Å². The van der Waals surface area contributed by atoms with Crippen LogP contribution in [0, 0.1) is 6.26 Å². The van der Waals surface area contributed by atoms with E-state index in [1.807, 2.05) is 6.92 Å². The minimum Gasteiger partial charge on any atom is -0.293 e. The van der Waals surface area contributed by atoms with E-state index in [0.29, 0.717) is 0 Å². The second kappa shape index (κ2) is 3.22. The third kappa shape index (κ3) is 2.27. The SMILES string of the molecule is [CH2][SH](C=O)CC. The molecule has 0 heterocycles. The Hall–Kier alpha value is 0.0200. The van der Waals surface area contributed by atoms with Crippen LogP contribution in [-0.2, 0) is 4.79 Å². The largest absolute Gasteiger partial charge is 0.293 e. The number of hydrogen-bond donors (Lipinski definition) is 1. The maximum atomic E-state index is 9.70. The van der Waals surface area contributed by atoms with Gasteiger partial charge in [0.15, 0.2) is 5.62 Å². The summed E-state index contributed by atoms with van der Waals surface area (Å²) in [6.07, 6.45) is 3.57. The summed E-state index contributed by atoms with van der Waals surface area (Å²) in [5.74, 6) is 0.916. The molecular formula is C4H9OS. The van der Waals surface area contributed by atoms with Gasteiger partial charge in [0.2, 0.25) is 0 Å². The van der Waals surface area contributed by atoms with Gasteiger partial charge in [0.1, 0.15) is 0 Å². The molecule has 37 valence electrons. The van der Waals surface area contributed by atoms with Crippen LogP contribution in [0.15, 0.2) is 0 Å². The summed E-state index contributed by atoms with van der Waals surface area (Å²) in [6, 6.07) is 0. The molecule has 1 atom stereocenters. The van der Waals surface area contributed by atoms with Gasteiger partial charge < -0.3 is 0 Å². The number of carbonyl (C=O) groups is 1. The predicted octanol–water partition coefficient (Wildman–Crippen LogP) is 0.989. The van der Waals surface area contributed by atoms with Crippen molar-refractivity contribution in [2.75, 3.05) is 5.75 Å². The standard InChI is InChI=1S/C4H9OS/c1-3-6(2)4-5/h4,6H,2-3H2,1H3. The van der Waals surface area contributed by atoms with E-state index in [1.54, 1.807) is 0 Å². The van der Waals surface area contributed by atoms with Gasteiger partial charge in [-0.1, -0.05) is 6.92 Å². The third-order valence-electron chi connectivity index (χ3n) is 0.555. The summed E-state index contributed by atoms with van der Waals surface area (Å²) in [5, 5.41) is 0. The minimum atomic E-state index is -0.507. The van der Waals surface area contributed by atoms with E-state index in [9.17, 15) is 4.79 Å². The zero-order valence-corrected chi connectivity index (χ0v) is 4.74. The van der Waals surface area contributed by atoms with Gasteiger partial charge in [0.25, 0.3) is 0 Å². The molecule has 0 N–H and O–H groups in total. The average molecular weight is 105 g/mol. The van der Waals surface area contributed by atoms with Crippen molar-refractivity contribution in [2.24, 2.45) is 0 Å². The fourth-order valence-corrected chi connectivity index (χ4v) is 0.224. The molecule has 0 aromatic heterocycles.